The summed E-state index contributed by atoms with van der Waals surface area (Å²) >= 11 is 0. The number of hydrazine groups is 1. The number of likely N-dealkylation sites (tertiary alicyclic amines) is 1. The molecule has 5 nitrogen and oxygen atoms in total. The lowest BCUT2D eigenvalue weighted by atomic mass is 9.90. The molecule has 0 aromatic heterocycles. The van der Waals surface area contributed by atoms with Crippen molar-refractivity contribution >= 4 is 5.91 Å². The summed E-state index contributed by atoms with van der Waals surface area (Å²) in [6.45, 7) is 3.67. The van der Waals surface area contributed by atoms with Crippen LogP contribution in [0.15, 0.2) is 30.3 Å². The third-order valence-electron chi connectivity index (χ3n) is 5.91. The molecule has 3 atom stereocenters. The monoisotopic (exact) mass is 342 g/mol. The van der Waals surface area contributed by atoms with E-state index in [9.17, 15) is 4.79 Å². The molecular formula is C20H30N4O. The maximum atomic E-state index is 12.7. The molecule has 4 rings (SSSR count). The number of benzene rings is 1. The first-order valence-electron chi connectivity index (χ1n) is 9.84. The highest BCUT2D eigenvalue weighted by molar-refractivity contribution is 5.78. The summed E-state index contributed by atoms with van der Waals surface area (Å²) in [5.41, 5.74) is 7.89. The third-order valence-corrected chi connectivity index (χ3v) is 5.91. The van der Waals surface area contributed by atoms with E-state index >= 15 is 0 Å². The van der Waals surface area contributed by atoms with Gasteiger partial charge in [-0.1, -0.05) is 30.3 Å². The molecular weight excluding hydrogens is 312 g/mol. The van der Waals surface area contributed by atoms with Gasteiger partial charge in [0.25, 0.3) is 0 Å². The number of nitrogens with one attached hydrogen (secondary N) is 3. The molecule has 1 aromatic carbocycles. The lowest BCUT2D eigenvalue weighted by Gasteiger charge is -2.35. The van der Waals surface area contributed by atoms with Crippen LogP contribution in [0.3, 0.4) is 0 Å². The van der Waals surface area contributed by atoms with Crippen LogP contribution in [-0.2, 0) is 4.79 Å². The molecule has 3 aliphatic rings. The average Bonchev–Trinajstić information content (AvgIpc) is 3.33. The second-order valence-electron chi connectivity index (χ2n) is 7.90. The molecule has 1 amide bonds. The maximum absolute atomic E-state index is 12.7. The van der Waals surface area contributed by atoms with Crippen molar-refractivity contribution in [2.45, 2.75) is 44.2 Å². The van der Waals surface area contributed by atoms with Gasteiger partial charge in [-0.2, -0.15) is 0 Å². The van der Waals surface area contributed by atoms with Gasteiger partial charge in [0.05, 0.1) is 12.6 Å². The van der Waals surface area contributed by atoms with Gasteiger partial charge in [-0.25, -0.2) is 0 Å². The van der Waals surface area contributed by atoms with Crippen molar-refractivity contribution in [2.24, 2.45) is 11.8 Å². The molecule has 3 fully saturated rings. The molecule has 2 saturated heterocycles. The van der Waals surface area contributed by atoms with Gasteiger partial charge < -0.3 is 5.32 Å². The van der Waals surface area contributed by atoms with Crippen LogP contribution >= 0.6 is 0 Å². The highest BCUT2D eigenvalue weighted by atomic mass is 16.2. The summed E-state index contributed by atoms with van der Waals surface area (Å²) in [7, 11) is 0. The Morgan fingerprint density at radius 3 is 2.76 bits per heavy atom. The van der Waals surface area contributed by atoms with Gasteiger partial charge in [-0.15, -0.1) is 0 Å². The topological polar surface area (TPSA) is 56.4 Å². The van der Waals surface area contributed by atoms with E-state index in [1.54, 1.807) is 0 Å². The summed E-state index contributed by atoms with van der Waals surface area (Å²) in [4.78, 5) is 15.0. The number of hydrogen-bond acceptors (Lipinski definition) is 4. The van der Waals surface area contributed by atoms with Crippen LogP contribution in [0.5, 0.6) is 0 Å². The van der Waals surface area contributed by atoms with Gasteiger partial charge in [0.1, 0.15) is 0 Å². The van der Waals surface area contributed by atoms with Crippen molar-refractivity contribution in [1.29, 1.82) is 0 Å². The number of carbonyl (C=O) groups is 1. The molecule has 25 heavy (non-hydrogen) atoms. The molecule has 136 valence electrons. The maximum Gasteiger partial charge on any atom is 0.234 e. The van der Waals surface area contributed by atoms with Crippen molar-refractivity contribution in [3.05, 3.63) is 35.9 Å². The van der Waals surface area contributed by atoms with Crippen LogP contribution < -0.4 is 16.2 Å². The molecule has 0 spiro atoms. The molecule has 3 N–H and O–H groups in total. The van der Waals surface area contributed by atoms with Crippen LogP contribution in [0.4, 0.5) is 0 Å². The fourth-order valence-electron chi connectivity index (χ4n) is 4.41. The number of hydrogen-bond donors (Lipinski definition) is 3. The number of piperidine rings is 1. The zero-order valence-electron chi connectivity index (χ0n) is 14.9. The first kappa shape index (κ1) is 17.0. The van der Waals surface area contributed by atoms with Crippen molar-refractivity contribution in [1.82, 2.24) is 21.1 Å². The first-order valence-corrected chi connectivity index (χ1v) is 9.84. The summed E-state index contributed by atoms with van der Waals surface area (Å²) in [6, 6.07) is 11.2. The van der Waals surface area contributed by atoms with Crippen LogP contribution in [-0.4, -0.2) is 43.0 Å². The number of nitrogens with zero attached hydrogens (tertiary/aromatic N) is 1. The van der Waals surface area contributed by atoms with Gasteiger partial charge in [-0.3, -0.25) is 20.5 Å². The molecule has 2 heterocycles. The molecule has 0 bridgehead atoms. The average molecular weight is 342 g/mol. The van der Waals surface area contributed by atoms with Crippen molar-refractivity contribution in [3.63, 3.8) is 0 Å². The standard InChI is InChI=1S/C20H30N4O/c25-19(22-20(16-8-9-16)15-5-2-1-3-6-15)14-24-12-4-7-17(13-24)18-10-11-21-23-18/h1-3,5-6,16-18,20-21,23H,4,7-14H2,(H,22,25). The van der Waals surface area contributed by atoms with Crippen LogP contribution in [0, 0.1) is 11.8 Å². The molecule has 1 saturated carbocycles. The Bertz CT molecular complexity index is 568. The van der Waals surface area contributed by atoms with E-state index in [0.717, 1.165) is 19.6 Å². The number of amides is 1. The minimum Gasteiger partial charge on any atom is -0.348 e. The Morgan fingerprint density at radius 2 is 2.04 bits per heavy atom. The smallest absolute Gasteiger partial charge is 0.234 e. The predicted octanol–water partition coefficient (Wildman–Crippen LogP) is 1.83. The van der Waals surface area contributed by atoms with E-state index in [-0.39, 0.29) is 11.9 Å². The quantitative estimate of drug-likeness (QED) is 0.738. The van der Waals surface area contributed by atoms with Crippen LogP contribution in [0.25, 0.3) is 0 Å². The second kappa shape index (κ2) is 7.85. The Balaban J connectivity index is 1.31. The van der Waals surface area contributed by atoms with Gasteiger partial charge in [0.2, 0.25) is 5.91 Å². The summed E-state index contributed by atoms with van der Waals surface area (Å²) in [6.07, 6.45) is 6.12. The molecule has 5 heteroatoms. The fourth-order valence-corrected chi connectivity index (χ4v) is 4.41. The van der Waals surface area contributed by atoms with Gasteiger partial charge in [0, 0.05) is 19.1 Å². The van der Waals surface area contributed by atoms with E-state index < -0.39 is 0 Å². The van der Waals surface area contributed by atoms with E-state index in [1.807, 2.05) is 6.07 Å². The number of carbonyl (C=O) groups excluding carboxylic acids is 1. The van der Waals surface area contributed by atoms with Crippen molar-refractivity contribution < 1.29 is 4.79 Å². The van der Waals surface area contributed by atoms with Crippen LogP contribution in [0.2, 0.25) is 0 Å². The zero-order chi connectivity index (χ0) is 17.1. The lowest BCUT2D eigenvalue weighted by molar-refractivity contribution is -0.123. The summed E-state index contributed by atoms with van der Waals surface area (Å²) < 4.78 is 0. The van der Waals surface area contributed by atoms with Gasteiger partial charge in [0.15, 0.2) is 0 Å². The van der Waals surface area contributed by atoms with E-state index in [2.05, 4.69) is 45.3 Å². The predicted molar refractivity (Wildman–Crippen MR) is 98.8 cm³/mol. The Labute approximate surface area is 150 Å². The summed E-state index contributed by atoms with van der Waals surface area (Å²) in [5, 5.41) is 3.32. The van der Waals surface area contributed by atoms with E-state index in [0.29, 0.717) is 24.4 Å². The largest absolute Gasteiger partial charge is 0.348 e. The SMILES string of the molecule is O=C(CN1CCCC(C2CCNN2)C1)NC(c1ccccc1)C1CC1. The van der Waals surface area contributed by atoms with Gasteiger partial charge >= 0.3 is 0 Å². The molecule has 2 aliphatic heterocycles. The molecule has 1 aromatic rings. The lowest BCUT2D eigenvalue weighted by Crippen LogP contribution is -2.48. The minimum absolute atomic E-state index is 0.180. The molecule has 0 radical (unpaired) electrons. The first-order chi connectivity index (χ1) is 12.3. The highest BCUT2D eigenvalue weighted by Crippen LogP contribution is 2.40. The normalized spacial score (nSPS) is 28.6. The third kappa shape index (κ3) is 4.40. The van der Waals surface area contributed by atoms with E-state index in [1.165, 1.54) is 37.7 Å². The highest BCUT2D eigenvalue weighted by Gasteiger charge is 2.34. The van der Waals surface area contributed by atoms with Crippen molar-refractivity contribution in [2.75, 3.05) is 26.2 Å². The van der Waals surface area contributed by atoms with E-state index in [4.69, 9.17) is 0 Å². The number of rotatable bonds is 6. The molecule has 3 unspecified atom stereocenters. The Hall–Kier alpha value is -1.43. The fraction of sp³-hybridized carbons (Fsp3) is 0.650. The Morgan fingerprint density at radius 1 is 1.20 bits per heavy atom. The van der Waals surface area contributed by atoms with Gasteiger partial charge in [-0.05, 0) is 56.0 Å². The van der Waals surface area contributed by atoms with Crippen LogP contribution in [0.1, 0.15) is 43.7 Å². The summed E-state index contributed by atoms with van der Waals surface area (Å²) in [5.74, 6) is 1.46. The van der Waals surface area contributed by atoms with Crippen molar-refractivity contribution in [3.8, 4) is 0 Å². The Kier molecular flexibility index (Phi) is 5.34. The zero-order valence-corrected chi connectivity index (χ0v) is 14.9. The second-order valence-corrected chi connectivity index (χ2v) is 7.90. The minimum atomic E-state index is 0.180. The molecule has 1 aliphatic carbocycles.